The van der Waals surface area contributed by atoms with Gasteiger partial charge in [-0.2, -0.15) is 0 Å². The number of halogens is 1. The summed E-state index contributed by atoms with van der Waals surface area (Å²) in [5.74, 6) is -2.28. The second-order valence-electron chi connectivity index (χ2n) is 6.70. The molecule has 0 radical (unpaired) electrons. The molecule has 3 rings (SSSR count). The number of carbonyl (C=O) groups excluding carboxylic acids is 3. The monoisotopic (exact) mass is 465 g/mol. The van der Waals surface area contributed by atoms with Crippen LogP contribution in [0, 0.1) is 0 Å². The predicted octanol–water partition coefficient (Wildman–Crippen LogP) is 2.37. The zero-order valence-electron chi connectivity index (χ0n) is 16.3. The lowest BCUT2D eigenvalue weighted by atomic mass is 10.1. The van der Waals surface area contributed by atoms with Crippen LogP contribution in [0.5, 0.6) is 0 Å². The fourth-order valence-corrected chi connectivity index (χ4v) is 3.89. The highest BCUT2D eigenvalue weighted by Gasteiger charge is 2.24. The van der Waals surface area contributed by atoms with E-state index in [9.17, 15) is 19.2 Å². The summed E-state index contributed by atoms with van der Waals surface area (Å²) in [7, 11) is 0. The zero-order valence-corrected chi connectivity index (χ0v) is 17.9. The van der Waals surface area contributed by atoms with E-state index in [4.69, 9.17) is 21.4 Å². The maximum absolute atomic E-state index is 12.7. The lowest BCUT2D eigenvalue weighted by Gasteiger charge is -2.27. The number of morpholine rings is 1. The number of hydrogen-bond acceptors (Lipinski definition) is 6. The van der Waals surface area contributed by atoms with E-state index in [0.29, 0.717) is 33.7 Å². The second kappa shape index (κ2) is 10.4. The second-order valence-corrected chi connectivity index (χ2v) is 8.41. The van der Waals surface area contributed by atoms with Gasteiger partial charge in [0.25, 0.3) is 11.8 Å². The zero-order chi connectivity index (χ0) is 22.4. The van der Waals surface area contributed by atoms with Crippen molar-refractivity contribution in [3.63, 3.8) is 0 Å². The summed E-state index contributed by atoms with van der Waals surface area (Å²) < 4.78 is 5.54. The van der Waals surface area contributed by atoms with E-state index in [0.717, 1.165) is 11.3 Å². The molecule has 0 spiro atoms. The molecule has 0 aliphatic carbocycles. The molecule has 1 fully saturated rings. The molecule has 31 heavy (non-hydrogen) atoms. The van der Waals surface area contributed by atoms with Gasteiger partial charge < -0.3 is 25.4 Å². The van der Waals surface area contributed by atoms with Crippen LogP contribution in [-0.2, 0) is 19.1 Å². The molecule has 3 amide bonds. The number of carboxylic acids is 1. The highest BCUT2D eigenvalue weighted by molar-refractivity contribution is 7.18. The molecule has 1 saturated heterocycles. The fraction of sp³-hybridized carbons (Fsp3) is 0.300. The lowest BCUT2D eigenvalue weighted by Crippen LogP contribution is -2.44. The summed E-state index contributed by atoms with van der Waals surface area (Å²) in [6.45, 7) is 0.921. The molecule has 2 heterocycles. The Morgan fingerprint density at radius 3 is 2.55 bits per heavy atom. The van der Waals surface area contributed by atoms with Crippen LogP contribution in [0.4, 0.5) is 11.4 Å². The van der Waals surface area contributed by atoms with Crippen molar-refractivity contribution in [1.29, 1.82) is 0 Å². The summed E-state index contributed by atoms with van der Waals surface area (Å²) in [6.07, 6.45) is -0.367. The van der Waals surface area contributed by atoms with E-state index in [2.05, 4.69) is 10.6 Å². The van der Waals surface area contributed by atoms with Crippen LogP contribution < -0.4 is 15.5 Å². The molecule has 11 heteroatoms. The Hall–Kier alpha value is -2.95. The van der Waals surface area contributed by atoms with E-state index >= 15 is 0 Å². The highest BCUT2D eigenvalue weighted by Crippen LogP contribution is 2.22. The normalized spacial score (nSPS) is 14.7. The number of anilines is 2. The number of nitrogens with zero attached hydrogens (tertiary/aromatic N) is 1. The third-order valence-electron chi connectivity index (χ3n) is 4.50. The molecule has 1 aliphatic heterocycles. The maximum Gasteiger partial charge on any atom is 0.303 e. The minimum Gasteiger partial charge on any atom is -0.481 e. The van der Waals surface area contributed by atoms with Crippen molar-refractivity contribution in [3.8, 4) is 0 Å². The Kier molecular flexibility index (Phi) is 7.61. The quantitative estimate of drug-likeness (QED) is 0.549. The first-order valence-corrected chi connectivity index (χ1v) is 10.6. The van der Waals surface area contributed by atoms with E-state index < -0.39 is 23.8 Å². The first-order chi connectivity index (χ1) is 14.8. The minimum atomic E-state index is -1.08. The maximum atomic E-state index is 12.7. The predicted molar refractivity (Wildman–Crippen MR) is 116 cm³/mol. The van der Waals surface area contributed by atoms with E-state index in [1.165, 1.54) is 6.07 Å². The van der Waals surface area contributed by atoms with Gasteiger partial charge in [0.2, 0.25) is 5.91 Å². The topological polar surface area (TPSA) is 125 Å². The van der Waals surface area contributed by atoms with Crippen LogP contribution in [0.1, 0.15) is 22.5 Å². The molecule has 3 N–H and O–H groups in total. The van der Waals surface area contributed by atoms with Crippen molar-refractivity contribution in [2.45, 2.75) is 18.9 Å². The van der Waals surface area contributed by atoms with E-state index in [1.807, 2.05) is 0 Å². The Morgan fingerprint density at radius 2 is 1.94 bits per heavy atom. The number of nitrogens with one attached hydrogen (secondary N) is 2. The molecule has 0 bridgehead atoms. The molecule has 9 nitrogen and oxygen atoms in total. The number of rotatable bonds is 8. The van der Waals surface area contributed by atoms with Gasteiger partial charge in [-0.05, 0) is 42.8 Å². The van der Waals surface area contributed by atoms with Crippen LogP contribution in [0.2, 0.25) is 4.34 Å². The number of carboxylic acid groups (broad SMARTS) is 1. The van der Waals surface area contributed by atoms with Crippen molar-refractivity contribution >= 4 is 58.0 Å². The number of hydrogen-bond donors (Lipinski definition) is 3. The smallest absolute Gasteiger partial charge is 0.303 e. The molecule has 1 aromatic heterocycles. The largest absolute Gasteiger partial charge is 0.481 e. The van der Waals surface area contributed by atoms with Crippen LogP contribution in [-0.4, -0.2) is 54.6 Å². The van der Waals surface area contributed by atoms with Gasteiger partial charge >= 0.3 is 5.97 Å². The molecule has 1 unspecified atom stereocenters. The van der Waals surface area contributed by atoms with Gasteiger partial charge in [0.05, 0.1) is 15.8 Å². The Bertz CT molecular complexity index is 978. The number of carbonyl (C=O) groups is 4. The van der Waals surface area contributed by atoms with Gasteiger partial charge in [-0.15, -0.1) is 11.3 Å². The highest BCUT2D eigenvalue weighted by atomic mass is 35.5. The van der Waals surface area contributed by atoms with Gasteiger partial charge in [0.1, 0.15) is 12.6 Å². The molecule has 1 aromatic carbocycles. The SMILES string of the molecule is O=C(O)CCC(NC(=O)c1ccc(Cl)s1)C(=O)Nc1ccc(N2CCOCC2=O)cc1. The van der Waals surface area contributed by atoms with Gasteiger partial charge in [-0.1, -0.05) is 11.6 Å². The van der Waals surface area contributed by atoms with Gasteiger partial charge in [0.15, 0.2) is 0 Å². The van der Waals surface area contributed by atoms with Crippen molar-refractivity contribution in [1.82, 2.24) is 5.32 Å². The first-order valence-electron chi connectivity index (χ1n) is 9.40. The molecular formula is C20H20ClN3O6S. The molecular weight excluding hydrogens is 446 g/mol. The van der Waals surface area contributed by atoms with Crippen LogP contribution in [0.15, 0.2) is 36.4 Å². The Morgan fingerprint density at radius 1 is 1.19 bits per heavy atom. The van der Waals surface area contributed by atoms with Crippen LogP contribution in [0.25, 0.3) is 0 Å². The molecule has 0 saturated carbocycles. The molecule has 1 atom stereocenters. The molecule has 164 valence electrons. The summed E-state index contributed by atoms with van der Waals surface area (Å²) in [5.41, 5.74) is 1.12. The van der Waals surface area contributed by atoms with Crippen molar-refractivity contribution < 1.29 is 29.0 Å². The molecule has 1 aliphatic rings. The number of amides is 3. The van der Waals surface area contributed by atoms with Crippen molar-refractivity contribution in [3.05, 3.63) is 45.6 Å². The summed E-state index contributed by atoms with van der Waals surface area (Å²) >= 11 is 6.90. The summed E-state index contributed by atoms with van der Waals surface area (Å²) in [4.78, 5) is 49.9. The van der Waals surface area contributed by atoms with Gasteiger partial charge in [0, 0.05) is 24.3 Å². The first kappa shape index (κ1) is 22.7. The van der Waals surface area contributed by atoms with E-state index in [1.54, 1.807) is 35.2 Å². The average Bonchev–Trinajstić information content (AvgIpc) is 3.18. The number of aliphatic carboxylic acids is 1. The lowest BCUT2D eigenvalue weighted by molar-refractivity contribution is -0.137. The van der Waals surface area contributed by atoms with Crippen LogP contribution >= 0.6 is 22.9 Å². The van der Waals surface area contributed by atoms with Crippen molar-refractivity contribution in [2.75, 3.05) is 30.0 Å². The number of ether oxygens (including phenoxy) is 1. The van der Waals surface area contributed by atoms with E-state index in [-0.39, 0.29) is 25.4 Å². The van der Waals surface area contributed by atoms with Gasteiger partial charge in [-0.3, -0.25) is 19.2 Å². The van der Waals surface area contributed by atoms with Crippen molar-refractivity contribution in [2.24, 2.45) is 0 Å². The van der Waals surface area contributed by atoms with Gasteiger partial charge in [-0.25, -0.2) is 0 Å². The summed E-state index contributed by atoms with van der Waals surface area (Å²) in [6, 6.07) is 8.68. The Labute approximate surface area is 186 Å². The number of benzene rings is 1. The van der Waals surface area contributed by atoms with Crippen LogP contribution in [0.3, 0.4) is 0 Å². The standard InChI is InChI=1S/C20H20ClN3O6S/c21-16-7-6-15(31-16)20(29)23-14(5-8-18(26)27)19(28)22-12-1-3-13(4-2-12)24-9-10-30-11-17(24)25/h1-4,6-7,14H,5,8-11H2,(H,22,28)(H,23,29)(H,26,27). The molecule has 2 aromatic rings. The number of thiophene rings is 1. The Balaban J connectivity index is 1.66. The summed E-state index contributed by atoms with van der Waals surface area (Å²) in [5, 5.41) is 14.2. The third-order valence-corrected chi connectivity index (χ3v) is 5.73. The fourth-order valence-electron chi connectivity index (χ4n) is 2.95. The third kappa shape index (κ3) is 6.27. The average molecular weight is 466 g/mol. The minimum absolute atomic E-state index is 0.0267.